The van der Waals surface area contributed by atoms with E-state index >= 15 is 0 Å². The first kappa shape index (κ1) is 17.3. The third kappa shape index (κ3) is 5.58. The summed E-state index contributed by atoms with van der Waals surface area (Å²) in [5.41, 5.74) is 0.711. The van der Waals surface area contributed by atoms with Gasteiger partial charge in [-0.15, -0.1) is 0 Å². The Hall–Kier alpha value is -2.04. The Bertz CT molecular complexity index is 616. The Labute approximate surface area is 141 Å². The van der Waals surface area contributed by atoms with Crippen LogP contribution in [-0.2, 0) is 4.79 Å². The fraction of sp³-hybridized carbons (Fsp3) is 0.278. The van der Waals surface area contributed by atoms with E-state index in [4.69, 9.17) is 16.3 Å². The van der Waals surface area contributed by atoms with E-state index in [-0.39, 0.29) is 12.3 Å². The van der Waals surface area contributed by atoms with Crippen LogP contribution in [-0.4, -0.2) is 23.7 Å². The number of hydrogen-bond acceptors (Lipinski definition) is 3. The van der Waals surface area contributed by atoms with Crippen molar-refractivity contribution >= 4 is 17.5 Å². The number of carbonyl (C=O) groups is 1. The minimum Gasteiger partial charge on any atom is -0.493 e. The Morgan fingerprint density at radius 1 is 1.17 bits per heavy atom. The third-order valence-corrected chi connectivity index (χ3v) is 3.67. The van der Waals surface area contributed by atoms with Crippen LogP contribution in [0.25, 0.3) is 0 Å². The molecule has 2 unspecified atom stereocenters. The molecule has 23 heavy (non-hydrogen) atoms. The van der Waals surface area contributed by atoms with Crippen LogP contribution in [0.5, 0.6) is 5.75 Å². The van der Waals surface area contributed by atoms with Gasteiger partial charge in [0.2, 0.25) is 5.91 Å². The predicted molar refractivity (Wildman–Crippen MR) is 90.6 cm³/mol. The molecule has 0 heterocycles. The van der Waals surface area contributed by atoms with Crippen molar-refractivity contribution in [1.29, 1.82) is 0 Å². The van der Waals surface area contributed by atoms with Crippen molar-refractivity contribution in [3.63, 3.8) is 0 Å². The maximum Gasteiger partial charge on any atom is 0.223 e. The summed E-state index contributed by atoms with van der Waals surface area (Å²) in [5, 5.41) is 13.6. The van der Waals surface area contributed by atoms with Gasteiger partial charge in [-0.05, 0) is 36.8 Å². The van der Waals surface area contributed by atoms with Crippen LogP contribution in [0.4, 0.5) is 0 Å². The number of halogens is 1. The number of para-hydroxylation sites is 1. The van der Waals surface area contributed by atoms with Crippen molar-refractivity contribution in [2.45, 2.75) is 25.5 Å². The van der Waals surface area contributed by atoms with Crippen LogP contribution in [0.1, 0.15) is 25.0 Å². The molecule has 0 spiro atoms. The van der Waals surface area contributed by atoms with Crippen LogP contribution in [0, 0.1) is 0 Å². The number of amides is 1. The van der Waals surface area contributed by atoms with E-state index in [0.717, 1.165) is 5.75 Å². The second-order valence-corrected chi connectivity index (χ2v) is 5.70. The summed E-state index contributed by atoms with van der Waals surface area (Å²) in [7, 11) is 0. The molecule has 0 aliphatic carbocycles. The highest BCUT2D eigenvalue weighted by Crippen LogP contribution is 2.19. The largest absolute Gasteiger partial charge is 0.493 e. The predicted octanol–water partition coefficient (Wildman–Crippen LogP) is 3.35. The summed E-state index contributed by atoms with van der Waals surface area (Å²) < 4.78 is 5.48. The quantitative estimate of drug-likeness (QED) is 0.817. The van der Waals surface area contributed by atoms with E-state index < -0.39 is 12.1 Å². The van der Waals surface area contributed by atoms with E-state index in [1.54, 1.807) is 31.2 Å². The second-order valence-electron chi connectivity index (χ2n) is 5.26. The maximum absolute atomic E-state index is 11.9. The number of aliphatic hydroxyl groups excluding tert-OH is 1. The molecule has 4 nitrogen and oxygen atoms in total. The summed E-state index contributed by atoms with van der Waals surface area (Å²) in [5.74, 6) is 0.566. The molecule has 2 aromatic rings. The van der Waals surface area contributed by atoms with Gasteiger partial charge in [0.1, 0.15) is 5.75 Å². The average Bonchev–Trinajstić information content (AvgIpc) is 2.56. The van der Waals surface area contributed by atoms with Crippen molar-refractivity contribution in [3.05, 3.63) is 65.2 Å². The Morgan fingerprint density at radius 2 is 1.83 bits per heavy atom. The van der Waals surface area contributed by atoms with E-state index in [2.05, 4.69) is 5.32 Å². The second kappa shape index (κ2) is 8.56. The highest BCUT2D eigenvalue weighted by atomic mass is 35.5. The van der Waals surface area contributed by atoms with E-state index in [0.29, 0.717) is 17.2 Å². The lowest BCUT2D eigenvalue weighted by atomic mass is 10.0. The van der Waals surface area contributed by atoms with Crippen molar-refractivity contribution in [2.75, 3.05) is 6.61 Å². The zero-order valence-electron chi connectivity index (χ0n) is 12.9. The molecule has 5 heteroatoms. The summed E-state index contributed by atoms with van der Waals surface area (Å²) in [6, 6.07) is 15.8. The van der Waals surface area contributed by atoms with Gasteiger partial charge >= 0.3 is 0 Å². The van der Waals surface area contributed by atoms with Gasteiger partial charge in [-0.1, -0.05) is 41.9 Å². The number of hydrogen-bond donors (Lipinski definition) is 2. The lowest BCUT2D eigenvalue weighted by Gasteiger charge is -2.20. The first-order chi connectivity index (χ1) is 11.1. The highest BCUT2D eigenvalue weighted by Gasteiger charge is 2.18. The first-order valence-corrected chi connectivity index (χ1v) is 7.85. The molecule has 0 saturated heterocycles. The number of carbonyl (C=O) groups excluding carboxylic acids is 1. The third-order valence-electron chi connectivity index (χ3n) is 3.41. The highest BCUT2D eigenvalue weighted by molar-refractivity contribution is 6.30. The lowest BCUT2D eigenvalue weighted by Crippen LogP contribution is -2.37. The molecule has 0 aliphatic heterocycles. The average molecular weight is 334 g/mol. The maximum atomic E-state index is 11.9. The molecule has 0 aromatic heterocycles. The van der Waals surface area contributed by atoms with E-state index in [1.165, 1.54) is 0 Å². The summed E-state index contributed by atoms with van der Waals surface area (Å²) in [4.78, 5) is 11.9. The molecular formula is C18H20ClNO3. The molecule has 0 aliphatic rings. The Kier molecular flexibility index (Phi) is 6.44. The first-order valence-electron chi connectivity index (χ1n) is 7.47. The molecule has 0 bridgehead atoms. The summed E-state index contributed by atoms with van der Waals surface area (Å²) >= 11 is 5.82. The molecular weight excluding hydrogens is 314 g/mol. The molecule has 0 radical (unpaired) electrons. The normalized spacial score (nSPS) is 13.2. The zero-order valence-corrected chi connectivity index (χ0v) is 13.7. The van der Waals surface area contributed by atoms with Crippen molar-refractivity contribution in [3.8, 4) is 5.75 Å². The van der Waals surface area contributed by atoms with Gasteiger partial charge in [-0.2, -0.15) is 0 Å². The number of benzene rings is 2. The van der Waals surface area contributed by atoms with Gasteiger partial charge in [0, 0.05) is 5.02 Å². The van der Waals surface area contributed by atoms with Gasteiger partial charge in [0.25, 0.3) is 0 Å². The van der Waals surface area contributed by atoms with Gasteiger partial charge in [0.05, 0.1) is 25.2 Å². The van der Waals surface area contributed by atoms with Crippen LogP contribution in [0.15, 0.2) is 54.6 Å². The Morgan fingerprint density at radius 3 is 2.48 bits per heavy atom. The summed E-state index contributed by atoms with van der Waals surface area (Å²) in [6.45, 7) is 2.05. The minimum absolute atomic E-state index is 0.165. The van der Waals surface area contributed by atoms with Crippen LogP contribution >= 0.6 is 11.6 Å². The minimum atomic E-state index is -0.786. The van der Waals surface area contributed by atoms with Crippen LogP contribution in [0.3, 0.4) is 0 Å². The van der Waals surface area contributed by atoms with E-state index in [1.807, 2.05) is 30.3 Å². The van der Waals surface area contributed by atoms with E-state index in [9.17, 15) is 9.90 Å². The van der Waals surface area contributed by atoms with Crippen molar-refractivity contribution in [1.82, 2.24) is 5.32 Å². The lowest BCUT2D eigenvalue weighted by molar-refractivity contribution is -0.123. The molecule has 122 valence electrons. The van der Waals surface area contributed by atoms with Gasteiger partial charge in [0.15, 0.2) is 0 Å². The SMILES string of the molecule is CC(NC(=O)CCOc1ccccc1)C(O)c1ccc(Cl)cc1. The standard InChI is InChI=1S/C18H20ClNO3/c1-13(18(22)14-7-9-15(19)10-8-14)20-17(21)11-12-23-16-5-3-2-4-6-16/h2-10,13,18,22H,11-12H2,1H3,(H,20,21). The molecule has 2 N–H and O–H groups in total. The fourth-order valence-electron chi connectivity index (χ4n) is 2.13. The van der Waals surface area contributed by atoms with Gasteiger partial charge < -0.3 is 15.2 Å². The Balaban J connectivity index is 1.76. The molecule has 1 amide bonds. The fourth-order valence-corrected chi connectivity index (χ4v) is 2.26. The smallest absolute Gasteiger partial charge is 0.223 e. The summed E-state index contributed by atoms with van der Waals surface area (Å²) in [6.07, 6.45) is -0.557. The molecule has 2 aromatic carbocycles. The monoisotopic (exact) mass is 333 g/mol. The number of nitrogens with one attached hydrogen (secondary N) is 1. The van der Waals surface area contributed by atoms with Crippen LogP contribution in [0.2, 0.25) is 5.02 Å². The molecule has 2 rings (SSSR count). The van der Waals surface area contributed by atoms with Crippen LogP contribution < -0.4 is 10.1 Å². The molecule has 2 atom stereocenters. The van der Waals surface area contributed by atoms with Crippen molar-refractivity contribution < 1.29 is 14.6 Å². The molecule has 0 fully saturated rings. The number of ether oxygens (including phenoxy) is 1. The zero-order chi connectivity index (χ0) is 16.7. The van der Waals surface area contributed by atoms with Gasteiger partial charge in [-0.3, -0.25) is 4.79 Å². The topological polar surface area (TPSA) is 58.6 Å². The van der Waals surface area contributed by atoms with Gasteiger partial charge in [-0.25, -0.2) is 0 Å². The number of rotatable bonds is 7. The number of aliphatic hydroxyl groups is 1. The molecule has 0 saturated carbocycles. The van der Waals surface area contributed by atoms with Crippen molar-refractivity contribution in [2.24, 2.45) is 0 Å².